The number of anilines is 1. The van der Waals surface area contributed by atoms with E-state index in [-0.39, 0.29) is 29.7 Å². The van der Waals surface area contributed by atoms with Gasteiger partial charge in [-0.15, -0.1) is 0 Å². The highest BCUT2D eigenvalue weighted by molar-refractivity contribution is 6.30. The number of carbonyl (C=O) groups is 2. The predicted octanol–water partition coefficient (Wildman–Crippen LogP) is 4.72. The fraction of sp³-hybridized carbons (Fsp3) is 0.657. The lowest BCUT2D eigenvalue weighted by Crippen LogP contribution is -2.52. The molecule has 10 nitrogen and oxygen atoms in total. The Morgan fingerprint density at radius 3 is 2.41 bits per heavy atom. The molecule has 1 aliphatic carbocycles. The van der Waals surface area contributed by atoms with E-state index in [9.17, 15) is 14.7 Å². The average Bonchev–Trinajstić information content (AvgIpc) is 3.33. The topological polar surface area (TPSA) is 102 Å². The van der Waals surface area contributed by atoms with Gasteiger partial charge in [0.2, 0.25) is 11.8 Å². The summed E-state index contributed by atoms with van der Waals surface area (Å²) in [5.74, 6) is 1.38. The molecule has 1 N–H and O–H groups in total. The number of halogens is 1. The second-order valence-corrected chi connectivity index (χ2v) is 14.0. The molecule has 1 aliphatic heterocycles. The van der Waals surface area contributed by atoms with Crippen molar-refractivity contribution in [3.05, 3.63) is 52.4 Å². The third-order valence-electron chi connectivity index (χ3n) is 9.17. The Balaban J connectivity index is 1.39. The largest absolute Gasteiger partial charge is 0.387 e. The SMILES string of the molecule is CC(C)COCCCC(=O)N(C)CCN(C[C@@H](C(=O)N1CCN(c2ncnc3c2[C@H](C)C[C@H]3O)CC1)c1ccc(Cl)cc1)C(C)C. The van der Waals surface area contributed by atoms with Gasteiger partial charge >= 0.3 is 0 Å². The number of benzene rings is 1. The molecule has 254 valence electrons. The van der Waals surface area contributed by atoms with Crippen molar-refractivity contribution in [3.63, 3.8) is 0 Å². The van der Waals surface area contributed by atoms with Gasteiger partial charge in [-0.05, 0) is 56.2 Å². The van der Waals surface area contributed by atoms with E-state index in [1.807, 2.05) is 36.2 Å². The van der Waals surface area contributed by atoms with Gasteiger partial charge in [0.15, 0.2) is 0 Å². The van der Waals surface area contributed by atoms with Crippen LogP contribution in [0.1, 0.15) is 88.6 Å². The summed E-state index contributed by atoms with van der Waals surface area (Å²) in [6, 6.07) is 7.78. The zero-order valence-corrected chi connectivity index (χ0v) is 29.2. The molecule has 1 fully saturated rings. The molecule has 1 aromatic carbocycles. The monoisotopic (exact) mass is 656 g/mol. The number of hydrogen-bond acceptors (Lipinski definition) is 8. The zero-order chi connectivity index (χ0) is 33.4. The first-order valence-electron chi connectivity index (χ1n) is 16.8. The molecule has 1 aromatic heterocycles. The predicted molar refractivity (Wildman–Crippen MR) is 182 cm³/mol. The second kappa shape index (κ2) is 16.9. The van der Waals surface area contributed by atoms with Crippen molar-refractivity contribution >= 4 is 29.2 Å². The molecule has 0 unspecified atom stereocenters. The van der Waals surface area contributed by atoms with Gasteiger partial charge in [-0.25, -0.2) is 9.97 Å². The summed E-state index contributed by atoms with van der Waals surface area (Å²) in [7, 11) is 1.85. The molecular formula is C35H53ClN6O4. The number of nitrogens with zero attached hydrogens (tertiary/aromatic N) is 6. The van der Waals surface area contributed by atoms with Gasteiger partial charge in [0.1, 0.15) is 12.1 Å². The van der Waals surface area contributed by atoms with Crippen molar-refractivity contribution < 1.29 is 19.4 Å². The number of carbonyl (C=O) groups excluding carboxylic acids is 2. The summed E-state index contributed by atoms with van der Waals surface area (Å²) in [6.45, 7) is 16.2. The van der Waals surface area contributed by atoms with E-state index in [1.54, 1.807) is 4.90 Å². The molecule has 2 aliphatic rings. The van der Waals surface area contributed by atoms with Crippen LogP contribution in [0.5, 0.6) is 0 Å². The lowest BCUT2D eigenvalue weighted by atomic mass is 9.95. The minimum Gasteiger partial charge on any atom is -0.387 e. The third-order valence-corrected chi connectivity index (χ3v) is 9.42. The Labute approximate surface area is 280 Å². The molecule has 0 bridgehead atoms. The van der Waals surface area contributed by atoms with Crippen molar-refractivity contribution in [2.75, 3.05) is 71.0 Å². The molecule has 0 radical (unpaired) electrons. The molecule has 3 atom stereocenters. The van der Waals surface area contributed by atoms with Gasteiger partial charge in [-0.1, -0.05) is 44.5 Å². The van der Waals surface area contributed by atoms with Crippen LogP contribution in [0.2, 0.25) is 5.02 Å². The van der Waals surface area contributed by atoms with Crippen LogP contribution in [0.25, 0.3) is 0 Å². The van der Waals surface area contributed by atoms with Crippen LogP contribution in [0, 0.1) is 5.92 Å². The first-order valence-corrected chi connectivity index (χ1v) is 17.2. The van der Waals surface area contributed by atoms with Crippen LogP contribution in [0.3, 0.4) is 0 Å². The van der Waals surface area contributed by atoms with Crippen molar-refractivity contribution in [2.45, 2.75) is 77.9 Å². The van der Waals surface area contributed by atoms with Gasteiger partial charge in [0.05, 0.1) is 17.7 Å². The minimum absolute atomic E-state index is 0.0927. The fourth-order valence-electron chi connectivity index (χ4n) is 6.37. The maximum Gasteiger partial charge on any atom is 0.231 e. The Hall–Kier alpha value is -2.79. The van der Waals surface area contributed by atoms with Crippen LogP contribution in [0.15, 0.2) is 30.6 Å². The van der Waals surface area contributed by atoms with Crippen molar-refractivity contribution in [3.8, 4) is 0 Å². The Bertz CT molecular complexity index is 1280. The highest BCUT2D eigenvalue weighted by atomic mass is 35.5. The number of rotatable bonds is 15. The van der Waals surface area contributed by atoms with Crippen molar-refractivity contribution in [1.29, 1.82) is 0 Å². The number of likely N-dealkylation sites (N-methyl/N-ethyl adjacent to an activating group) is 1. The lowest BCUT2D eigenvalue weighted by Gasteiger charge is -2.39. The number of ether oxygens (including phenoxy) is 1. The van der Waals surface area contributed by atoms with E-state index in [1.165, 1.54) is 6.33 Å². The second-order valence-electron chi connectivity index (χ2n) is 13.5. The smallest absolute Gasteiger partial charge is 0.231 e. The van der Waals surface area contributed by atoms with E-state index in [0.717, 1.165) is 22.6 Å². The summed E-state index contributed by atoms with van der Waals surface area (Å²) in [5, 5.41) is 11.1. The standard InChI is InChI=1S/C35H53ClN6O4/c1-24(2)22-46-19-7-8-31(44)39(6)13-14-42(25(3)4)21-29(27-9-11-28(36)12-10-27)35(45)41-17-15-40(16-18-41)34-32-26(5)20-30(43)33(32)37-23-38-34/h9-12,23-26,29-30,43H,7-8,13-22H2,1-6H3/t26-,29-,30-/m1/s1. The number of amides is 2. The number of aliphatic hydroxyl groups is 1. The van der Waals surface area contributed by atoms with Gasteiger partial charge in [0, 0.05) is 89.1 Å². The number of aromatic nitrogens is 2. The Kier molecular flexibility index (Phi) is 13.2. The Morgan fingerprint density at radius 2 is 1.76 bits per heavy atom. The van der Waals surface area contributed by atoms with Crippen LogP contribution in [-0.2, 0) is 14.3 Å². The van der Waals surface area contributed by atoms with Gasteiger partial charge < -0.3 is 24.5 Å². The first kappa shape index (κ1) is 36.1. The molecule has 2 amide bonds. The van der Waals surface area contributed by atoms with Crippen LogP contribution in [-0.4, -0.2) is 114 Å². The minimum atomic E-state index is -0.550. The number of fused-ring (bicyclic) bond motifs is 1. The average molecular weight is 657 g/mol. The van der Waals surface area contributed by atoms with E-state index >= 15 is 0 Å². The van der Waals surface area contributed by atoms with E-state index in [0.29, 0.717) is 89.2 Å². The fourth-order valence-corrected chi connectivity index (χ4v) is 6.49. The molecule has 4 rings (SSSR count). The Morgan fingerprint density at radius 1 is 1.07 bits per heavy atom. The molecule has 1 saturated heterocycles. The molecule has 11 heteroatoms. The molecule has 2 aromatic rings. The highest BCUT2D eigenvalue weighted by Gasteiger charge is 2.35. The quantitative estimate of drug-likeness (QED) is 0.275. The van der Waals surface area contributed by atoms with E-state index in [4.69, 9.17) is 16.3 Å². The van der Waals surface area contributed by atoms with Crippen LogP contribution < -0.4 is 4.90 Å². The molecule has 46 heavy (non-hydrogen) atoms. The molecule has 0 saturated carbocycles. The molecular weight excluding hydrogens is 604 g/mol. The summed E-state index contributed by atoms with van der Waals surface area (Å²) < 4.78 is 5.63. The van der Waals surface area contributed by atoms with Gasteiger partial charge in [0.25, 0.3) is 0 Å². The zero-order valence-electron chi connectivity index (χ0n) is 28.5. The number of aliphatic hydroxyl groups excluding tert-OH is 1. The molecule has 2 heterocycles. The van der Waals surface area contributed by atoms with Gasteiger partial charge in [-0.3, -0.25) is 14.5 Å². The third kappa shape index (κ3) is 9.40. The summed E-state index contributed by atoms with van der Waals surface area (Å²) in [6.07, 6.45) is 2.82. The van der Waals surface area contributed by atoms with Crippen molar-refractivity contribution in [1.82, 2.24) is 24.7 Å². The van der Waals surface area contributed by atoms with E-state index < -0.39 is 6.10 Å². The normalized spacial score (nSPS) is 18.8. The number of piperazine rings is 1. The maximum absolute atomic E-state index is 14.2. The summed E-state index contributed by atoms with van der Waals surface area (Å²) in [5.41, 5.74) is 2.70. The maximum atomic E-state index is 14.2. The molecule has 0 spiro atoms. The lowest BCUT2D eigenvalue weighted by molar-refractivity contribution is -0.134. The number of hydrogen-bond donors (Lipinski definition) is 1. The highest BCUT2D eigenvalue weighted by Crippen LogP contribution is 2.42. The van der Waals surface area contributed by atoms with Crippen LogP contribution in [0.4, 0.5) is 5.82 Å². The van der Waals surface area contributed by atoms with E-state index in [2.05, 4.69) is 54.4 Å². The van der Waals surface area contributed by atoms with Gasteiger partial charge in [-0.2, -0.15) is 0 Å². The first-order chi connectivity index (χ1) is 22.0. The van der Waals surface area contributed by atoms with Crippen LogP contribution >= 0.6 is 11.6 Å². The van der Waals surface area contributed by atoms with Crippen molar-refractivity contribution in [2.24, 2.45) is 5.92 Å². The summed E-state index contributed by atoms with van der Waals surface area (Å²) >= 11 is 6.23. The summed E-state index contributed by atoms with van der Waals surface area (Å²) in [4.78, 5) is 44.3.